The summed E-state index contributed by atoms with van der Waals surface area (Å²) >= 11 is 0. The topological polar surface area (TPSA) is 133 Å². The Morgan fingerprint density at radius 2 is 1.62 bits per heavy atom. The van der Waals surface area contributed by atoms with Gasteiger partial charge in [0.25, 0.3) is 5.91 Å². The summed E-state index contributed by atoms with van der Waals surface area (Å²) in [7, 11) is 0. The van der Waals surface area contributed by atoms with Gasteiger partial charge in [-0.05, 0) is 42.4 Å². The Labute approximate surface area is 228 Å². The molecule has 3 rings (SSSR count). The second-order valence-corrected chi connectivity index (χ2v) is 10.0. The fourth-order valence-corrected chi connectivity index (χ4v) is 4.34. The Morgan fingerprint density at radius 1 is 0.949 bits per heavy atom. The molecule has 0 radical (unpaired) electrons. The van der Waals surface area contributed by atoms with Gasteiger partial charge < -0.3 is 21.3 Å². The van der Waals surface area contributed by atoms with Crippen LogP contribution in [0.1, 0.15) is 44.2 Å². The molecular formula is C30H36N4O5. The summed E-state index contributed by atoms with van der Waals surface area (Å²) in [6, 6.07) is 16.2. The Morgan fingerprint density at radius 3 is 2.23 bits per heavy atom. The van der Waals surface area contributed by atoms with Crippen molar-refractivity contribution in [1.29, 1.82) is 0 Å². The zero-order chi connectivity index (χ0) is 28.2. The van der Waals surface area contributed by atoms with Crippen molar-refractivity contribution in [3.8, 4) is 0 Å². The van der Waals surface area contributed by atoms with Crippen LogP contribution < -0.4 is 21.3 Å². The van der Waals surface area contributed by atoms with E-state index in [2.05, 4.69) is 21.3 Å². The van der Waals surface area contributed by atoms with Gasteiger partial charge in [-0.2, -0.15) is 0 Å². The number of hydrogen-bond donors (Lipinski definition) is 4. The van der Waals surface area contributed by atoms with Crippen LogP contribution >= 0.6 is 0 Å². The molecule has 9 heteroatoms. The third-order valence-electron chi connectivity index (χ3n) is 6.40. The maximum Gasteiger partial charge on any atom is 0.289 e. The predicted octanol–water partition coefficient (Wildman–Crippen LogP) is 2.13. The van der Waals surface area contributed by atoms with Crippen molar-refractivity contribution in [1.82, 2.24) is 21.3 Å². The smallest absolute Gasteiger partial charge is 0.289 e. The van der Waals surface area contributed by atoms with E-state index < -0.39 is 41.5 Å². The number of carbonyl (C=O) groups is 5. The van der Waals surface area contributed by atoms with Gasteiger partial charge in [-0.25, -0.2) is 0 Å². The quantitative estimate of drug-likeness (QED) is 0.232. The average Bonchev–Trinajstić information content (AvgIpc) is 3.34. The second kappa shape index (κ2) is 14.6. The number of ketones is 1. The summed E-state index contributed by atoms with van der Waals surface area (Å²) in [5, 5.41) is 10.7. The summed E-state index contributed by atoms with van der Waals surface area (Å²) in [4.78, 5) is 64.1. The largest absolute Gasteiger partial charge is 0.356 e. The minimum atomic E-state index is -1.21. The van der Waals surface area contributed by atoms with E-state index in [1.54, 1.807) is 6.08 Å². The average molecular weight is 533 g/mol. The van der Waals surface area contributed by atoms with Gasteiger partial charge >= 0.3 is 0 Å². The van der Waals surface area contributed by atoms with Gasteiger partial charge in [0.15, 0.2) is 0 Å². The minimum absolute atomic E-state index is 0.00851. The molecule has 206 valence electrons. The second-order valence-electron chi connectivity index (χ2n) is 10.0. The van der Waals surface area contributed by atoms with E-state index in [0.717, 1.165) is 11.1 Å². The standard InChI is InChI=1S/C30H36N4O5/c1-20(2)17-25(33-26(35)14-13-21-9-5-3-6-10-21)29(38)34-24(18-23-15-16-31-28(23)37)27(36)30(39)32-19-22-11-7-4-8-12-22/h3-14,20,23-25H,15-19H2,1-2H3,(H,31,37)(H,32,39)(H,33,35)(H,34,38)/b14-13+/t23-,24-,25-/m0/s1. The Balaban J connectivity index is 1.70. The van der Waals surface area contributed by atoms with Crippen molar-refractivity contribution < 1.29 is 24.0 Å². The molecule has 9 nitrogen and oxygen atoms in total. The van der Waals surface area contributed by atoms with Crippen LogP contribution in [0, 0.1) is 11.8 Å². The van der Waals surface area contributed by atoms with Crippen molar-refractivity contribution in [2.45, 2.75) is 51.7 Å². The molecule has 1 saturated heterocycles. The summed E-state index contributed by atoms with van der Waals surface area (Å²) < 4.78 is 0. The number of amides is 4. The van der Waals surface area contributed by atoms with Crippen LogP contribution in [0.4, 0.5) is 0 Å². The summed E-state index contributed by atoms with van der Waals surface area (Å²) in [5.74, 6) is -3.40. The zero-order valence-electron chi connectivity index (χ0n) is 22.3. The Bertz CT molecular complexity index is 1180. The summed E-state index contributed by atoms with van der Waals surface area (Å²) in [6.45, 7) is 4.44. The van der Waals surface area contributed by atoms with Gasteiger partial charge in [0.1, 0.15) is 6.04 Å². The van der Waals surface area contributed by atoms with Crippen LogP contribution in [0.15, 0.2) is 66.7 Å². The van der Waals surface area contributed by atoms with Gasteiger partial charge in [0.05, 0.1) is 6.04 Å². The zero-order valence-corrected chi connectivity index (χ0v) is 22.3. The number of rotatable bonds is 13. The van der Waals surface area contributed by atoms with Crippen molar-refractivity contribution in [2.24, 2.45) is 11.8 Å². The summed E-state index contributed by atoms with van der Waals surface area (Å²) in [5.41, 5.74) is 1.65. The highest BCUT2D eigenvalue weighted by Gasteiger charge is 2.35. The molecule has 1 aliphatic heterocycles. The van der Waals surface area contributed by atoms with E-state index in [9.17, 15) is 24.0 Å². The molecule has 0 aromatic heterocycles. The van der Waals surface area contributed by atoms with Crippen LogP contribution in [-0.2, 0) is 30.5 Å². The first-order valence-corrected chi connectivity index (χ1v) is 13.2. The molecular weight excluding hydrogens is 496 g/mol. The van der Waals surface area contributed by atoms with Crippen LogP contribution in [0.2, 0.25) is 0 Å². The number of hydrogen-bond acceptors (Lipinski definition) is 5. The first-order chi connectivity index (χ1) is 18.7. The van der Waals surface area contributed by atoms with Gasteiger partial charge in [-0.3, -0.25) is 24.0 Å². The fraction of sp³-hybridized carbons (Fsp3) is 0.367. The highest BCUT2D eigenvalue weighted by molar-refractivity contribution is 6.38. The van der Waals surface area contributed by atoms with E-state index in [1.807, 2.05) is 74.5 Å². The predicted molar refractivity (Wildman–Crippen MR) is 148 cm³/mol. The van der Waals surface area contributed by atoms with Crippen LogP contribution in [0.5, 0.6) is 0 Å². The van der Waals surface area contributed by atoms with Gasteiger partial charge in [-0.1, -0.05) is 74.5 Å². The molecule has 1 fully saturated rings. The molecule has 4 N–H and O–H groups in total. The molecule has 39 heavy (non-hydrogen) atoms. The van der Waals surface area contributed by atoms with Gasteiger partial charge in [-0.15, -0.1) is 0 Å². The third-order valence-corrected chi connectivity index (χ3v) is 6.40. The van der Waals surface area contributed by atoms with E-state index >= 15 is 0 Å². The molecule has 0 saturated carbocycles. The highest BCUT2D eigenvalue weighted by atomic mass is 16.2. The van der Waals surface area contributed by atoms with Crippen molar-refractivity contribution >= 4 is 35.5 Å². The van der Waals surface area contributed by atoms with E-state index in [4.69, 9.17) is 0 Å². The van der Waals surface area contributed by atoms with E-state index in [-0.39, 0.29) is 24.8 Å². The van der Waals surface area contributed by atoms with E-state index in [0.29, 0.717) is 19.4 Å². The van der Waals surface area contributed by atoms with Crippen molar-refractivity contribution in [2.75, 3.05) is 6.54 Å². The highest BCUT2D eigenvalue weighted by Crippen LogP contribution is 2.17. The molecule has 3 atom stereocenters. The normalized spacial score (nSPS) is 16.4. The molecule has 0 spiro atoms. The molecule has 0 bridgehead atoms. The molecule has 0 aliphatic carbocycles. The first kappa shape index (κ1) is 29.3. The fourth-order valence-electron chi connectivity index (χ4n) is 4.34. The minimum Gasteiger partial charge on any atom is -0.356 e. The summed E-state index contributed by atoms with van der Waals surface area (Å²) in [6.07, 6.45) is 3.80. The lowest BCUT2D eigenvalue weighted by Crippen LogP contribution is -2.54. The monoisotopic (exact) mass is 532 g/mol. The van der Waals surface area contributed by atoms with Crippen LogP contribution in [0.25, 0.3) is 6.08 Å². The number of nitrogens with one attached hydrogen (secondary N) is 4. The molecule has 0 unspecified atom stereocenters. The number of Topliss-reactive ketones (excluding diaryl/α,β-unsaturated/α-hetero) is 1. The van der Waals surface area contributed by atoms with Crippen LogP contribution in [-0.4, -0.2) is 48.0 Å². The van der Waals surface area contributed by atoms with Crippen molar-refractivity contribution in [3.05, 3.63) is 77.9 Å². The van der Waals surface area contributed by atoms with E-state index in [1.165, 1.54) is 6.08 Å². The lowest BCUT2D eigenvalue weighted by atomic mass is 9.94. The number of benzene rings is 2. The molecule has 1 heterocycles. The Hall–Kier alpha value is -4.27. The Kier molecular flexibility index (Phi) is 11.0. The first-order valence-electron chi connectivity index (χ1n) is 13.2. The van der Waals surface area contributed by atoms with Gasteiger partial charge in [0, 0.05) is 25.1 Å². The third kappa shape index (κ3) is 9.52. The number of carbonyl (C=O) groups excluding carboxylic acids is 5. The molecule has 2 aromatic rings. The van der Waals surface area contributed by atoms with Gasteiger partial charge in [0.2, 0.25) is 23.5 Å². The van der Waals surface area contributed by atoms with Crippen molar-refractivity contribution in [3.63, 3.8) is 0 Å². The SMILES string of the molecule is CC(C)C[C@H](NC(=O)/C=C/c1ccccc1)C(=O)N[C@@H](C[C@@H]1CCNC1=O)C(=O)C(=O)NCc1ccccc1. The van der Waals surface area contributed by atoms with Crippen LogP contribution in [0.3, 0.4) is 0 Å². The molecule has 1 aliphatic rings. The lowest BCUT2D eigenvalue weighted by molar-refractivity contribution is -0.141. The molecule has 4 amide bonds. The maximum atomic E-state index is 13.3. The maximum absolute atomic E-state index is 13.3. The lowest BCUT2D eigenvalue weighted by Gasteiger charge is -2.24. The molecule has 2 aromatic carbocycles.